The van der Waals surface area contributed by atoms with Crippen LogP contribution >= 0.6 is 22.6 Å². The molecule has 0 fully saturated rings. The van der Waals surface area contributed by atoms with Crippen LogP contribution in [0.1, 0.15) is 18.1 Å². The summed E-state index contributed by atoms with van der Waals surface area (Å²) >= 11 is 2.26. The van der Waals surface area contributed by atoms with Crippen LogP contribution in [0.25, 0.3) is 0 Å². The molecule has 0 radical (unpaired) electrons. The molecule has 1 unspecified atom stereocenters. The fraction of sp³-hybridized carbons (Fsp3) is 0.235. The summed E-state index contributed by atoms with van der Waals surface area (Å²) in [6.07, 6.45) is 0. The van der Waals surface area contributed by atoms with Crippen molar-refractivity contribution in [2.45, 2.75) is 26.8 Å². The molecule has 0 saturated carbocycles. The molecule has 110 valence electrons. The van der Waals surface area contributed by atoms with Gasteiger partial charge in [-0.15, -0.1) is 0 Å². The number of hydrogen-bond donors (Lipinski definition) is 2. The van der Waals surface area contributed by atoms with Gasteiger partial charge in [0.2, 0.25) is 5.91 Å². The monoisotopic (exact) mass is 394 g/mol. The molecule has 21 heavy (non-hydrogen) atoms. The lowest BCUT2D eigenvalue weighted by atomic mass is 10.1. The molecule has 0 spiro atoms. The molecular formula is C17H19IN2O. The van der Waals surface area contributed by atoms with E-state index in [0.29, 0.717) is 0 Å². The third-order valence-electron chi connectivity index (χ3n) is 3.27. The van der Waals surface area contributed by atoms with E-state index in [1.54, 1.807) is 0 Å². The van der Waals surface area contributed by atoms with Crippen LogP contribution in [0.2, 0.25) is 0 Å². The maximum atomic E-state index is 12.3. The Balaban J connectivity index is 2.02. The molecule has 2 rings (SSSR count). The summed E-state index contributed by atoms with van der Waals surface area (Å²) in [4.78, 5) is 12.3. The van der Waals surface area contributed by atoms with Gasteiger partial charge in [-0.05, 0) is 84.8 Å². The number of carbonyl (C=O) groups is 1. The lowest BCUT2D eigenvalue weighted by Gasteiger charge is -2.16. The Morgan fingerprint density at radius 1 is 1.10 bits per heavy atom. The summed E-state index contributed by atoms with van der Waals surface area (Å²) < 4.78 is 1.17. The number of benzene rings is 2. The Bertz CT molecular complexity index is 638. The van der Waals surface area contributed by atoms with Gasteiger partial charge < -0.3 is 10.6 Å². The molecule has 0 aliphatic heterocycles. The smallest absolute Gasteiger partial charge is 0.246 e. The molecule has 2 aromatic carbocycles. The summed E-state index contributed by atoms with van der Waals surface area (Å²) in [7, 11) is 0. The summed E-state index contributed by atoms with van der Waals surface area (Å²) in [5, 5.41) is 6.19. The minimum absolute atomic E-state index is 0.0396. The number of anilines is 2. The van der Waals surface area contributed by atoms with E-state index in [4.69, 9.17) is 0 Å². The van der Waals surface area contributed by atoms with Crippen LogP contribution < -0.4 is 10.6 Å². The lowest BCUT2D eigenvalue weighted by Crippen LogP contribution is -2.32. The van der Waals surface area contributed by atoms with Gasteiger partial charge in [-0.25, -0.2) is 0 Å². The van der Waals surface area contributed by atoms with E-state index in [9.17, 15) is 4.79 Å². The fourth-order valence-corrected chi connectivity index (χ4v) is 2.33. The minimum atomic E-state index is -0.301. The molecule has 0 saturated heterocycles. The normalized spacial score (nSPS) is 11.8. The van der Waals surface area contributed by atoms with Crippen LogP contribution in [-0.2, 0) is 4.79 Å². The van der Waals surface area contributed by atoms with Crippen LogP contribution in [0, 0.1) is 17.4 Å². The molecule has 0 bridgehead atoms. The first-order valence-corrected chi connectivity index (χ1v) is 7.94. The SMILES string of the molecule is Cc1ccc(C)c(NC(=O)C(C)Nc2ccc(I)cc2)c1. The van der Waals surface area contributed by atoms with Crippen molar-refractivity contribution in [3.63, 3.8) is 0 Å². The first-order chi connectivity index (χ1) is 9.95. The van der Waals surface area contributed by atoms with Crippen molar-refractivity contribution in [1.82, 2.24) is 0 Å². The van der Waals surface area contributed by atoms with Crippen LogP contribution in [0.3, 0.4) is 0 Å². The molecule has 0 aromatic heterocycles. The predicted molar refractivity (Wildman–Crippen MR) is 96.8 cm³/mol. The van der Waals surface area contributed by atoms with Gasteiger partial charge in [0.1, 0.15) is 6.04 Å². The topological polar surface area (TPSA) is 41.1 Å². The van der Waals surface area contributed by atoms with E-state index < -0.39 is 0 Å². The van der Waals surface area contributed by atoms with Crippen molar-refractivity contribution in [2.75, 3.05) is 10.6 Å². The highest BCUT2D eigenvalue weighted by molar-refractivity contribution is 14.1. The Kier molecular flexibility index (Phi) is 5.22. The van der Waals surface area contributed by atoms with Gasteiger partial charge in [-0.2, -0.15) is 0 Å². The van der Waals surface area contributed by atoms with Gasteiger partial charge in [0.25, 0.3) is 0 Å². The van der Waals surface area contributed by atoms with Crippen molar-refractivity contribution in [3.05, 3.63) is 57.2 Å². The van der Waals surface area contributed by atoms with Crippen molar-refractivity contribution in [2.24, 2.45) is 0 Å². The standard InChI is InChI=1S/C17H19IN2O/c1-11-4-5-12(2)16(10-11)20-17(21)13(3)19-15-8-6-14(18)7-9-15/h4-10,13,19H,1-3H3,(H,20,21). The first kappa shape index (κ1) is 15.8. The highest BCUT2D eigenvalue weighted by Crippen LogP contribution is 2.17. The molecule has 1 amide bonds. The van der Waals surface area contributed by atoms with E-state index >= 15 is 0 Å². The maximum absolute atomic E-state index is 12.3. The number of amides is 1. The van der Waals surface area contributed by atoms with E-state index in [-0.39, 0.29) is 11.9 Å². The molecule has 0 aliphatic rings. The minimum Gasteiger partial charge on any atom is -0.374 e. The fourth-order valence-electron chi connectivity index (χ4n) is 1.97. The third kappa shape index (κ3) is 4.46. The largest absolute Gasteiger partial charge is 0.374 e. The van der Waals surface area contributed by atoms with Gasteiger partial charge in [0.05, 0.1) is 0 Å². The average molecular weight is 394 g/mol. The van der Waals surface area contributed by atoms with Crippen LogP contribution in [-0.4, -0.2) is 11.9 Å². The number of halogens is 1. The highest BCUT2D eigenvalue weighted by atomic mass is 127. The van der Waals surface area contributed by atoms with Gasteiger partial charge in [-0.1, -0.05) is 12.1 Å². The van der Waals surface area contributed by atoms with Crippen molar-refractivity contribution in [3.8, 4) is 0 Å². The lowest BCUT2D eigenvalue weighted by molar-refractivity contribution is -0.116. The molecule has 0 heterocycles. The highest BCUT2D eigenvalue weighted by Gasteiger charge is 2.13. The molecule has 4 heteroatoms. The van der Waals surface area contributed by atoms with Gasteiger partial charge in [0, 0.05) is 14.9 Å². The average Bonchev–Trinajstić information content (AvgIpc) is 2.45. The van der Waals surface area contributed by atoms with E-state index in [1.165, 1.54) is 3.57 Å². The maximum Gasteiger partial charge on any atom is 0.246 e. The van der Waals surface area contributed by atoms with Gasteiger partial charge in [-0.3, -0.25) is 4.79 Å². The molecule has 1 atom stereocenters. The summed E-state index contributed by atoms with van der Waals surface area (Å²) in [6.45, 7) is 5.87. The summed E-state index contributed by atoms with van der Waals surface area (Å²) in [5.41, 5.74) is 4.01. The first-order valence-electron chi connectivity index (χ1n) is 6.86. The number of aryl methyl sites for hydroxylation is 2. The number of rotatable bonds is 4. The molecule has 0 aliphatic carbocycles. The number of nitrogens with one attached hydrogen (secondary N) is 2. The molecule has 2 N–H and O–H groups in total. The third-order valence-corrected chi connectivity index (χ3v) is 3.99. The number of carbonyl (C=O) groups excluding carboxylic acids is 1. The molecule has 2 aromatic rings. The quantitative estimate of drug-likeness (QED) is 0.758. The Hall–Kier alpha value is -1.56. The molecular weight excluding hydrogens is 375 g/mol. The Morgan fingerprint density at radius 3 is 2.43 bits per heavy atom. The van der Waals surface area contributed by atoms with E-state index in [0.717, 1.165) is 22.5 Å². The summed E-state index contributed by atoms with van der Waals surface area (Å²) in [5.74, 6) is -0.0396. The van der Waals surface area contributed by atoms with Crippen LogP contribution in [0.5, 0.6) is 0 Å². The van der Waals surface area contributed by atoms with Crippen molar-refractivity contribution < 1.29 is 4.79 Å². The molecule has 3 nitrogen and oxygen atoms in total. The van der Waals surface area contributed by atoms with E-state index in [2.05, 4.69) is 33.2 Å². The second-order valence-corrected chi connectivity index (χ2v) is 6.43. The zero-order valence-corrected chi connectivity index (χ0v) is 14.6. The van der Waals surface area contributed by atoms with E-state index in [1.807, 2.05) is 63.2 Å². The zero-order chi connectivity index (χ0) is 15.4. The Labute approximate surface area is 139 Å². The summed E-state index contributed by atoms with van der Waals surface area (Å²) in [6, 6.07) is 13.7. The van der Waals surface area contributed by atoms with Crippen LogP contribution in [0.15, 0.2) is 42.5 Å². The second-order valence-electron chi connectivity index (χ2n) is 5.18. The predicted octanol–water partition coefficient (Wildman–Crippen LogP) is 4.35. The second kappa shape index (κ2) is 6.93. The van der Waals surface area contributed by atoms with Gasteiger partial charge >= 0.3 is 0 Å². The van der Waals surface area contributed by atoms with Gasteiger partial charge in [0.15, 0.2) is 0 Å². The van der Waals surface area contributed by atoms with Crippen molar-refractivity contribution in [1.29, 1.82) is 0 Å². The Morgan fingerprint density at radius 2 is 1.76 bits per heavy atom. The zero-order valence-electron chi connectivity index (χ0n) is 12.4. The number of hydrogen-bond acceptors (Lipinski definition) is 2. The van der Waals surface area contributed by atoms with Crippen molar-refractivity contribution >= 4 is 39.9 Å². The van der Waals surface area contributed by atoms with Crippen LogP contribution in [0.4, 0.5) is 11.4 Å².